The summed E-state index contributed by atoms with van der Waals surface area (Å²) in [6.07, 6.45) is 8.60. The minimum Gasteiger partial charge on any atom is -0.508 e. The van der Waals surface area contributed by atoms with Gasteiger partial charge in [-0.15, -0.1) is 0 Å². The number of carbonyl (C=O) groups excluding carboxylic acids is 1. The second-order valence-corrected chi connectivity index (χ2v) is 10.3. The molecule has 4 fully saturated rings. The number of phenolic OH excluding ortho intramolecular Hbond substituents is 1. The minimum atomic E-state index is 0.145. The number of fused-ring (bicyclic) bond motifs is 1. The number of nitrogens with zero attached hydrogens (tertiary/aromatic N) is 1. The number of hydrogen-bond acceptors (Lipinski definition) is 3. The highest BCUT2D eigenvalue weighted by molar-refractivity contribution is 6.01. The van der Waals surface area contributed by atoms with E-state index in [4.69, 9.17) is 4.98 Å². The lowest BCUT2D eigenvalue weighted by Crippen LogP contribution is -2.47. The maximum Gasteiger partial charge on any atom is 0.224 e. The van der Waals surface area contributed by atoms with Gasteiger partial charge in [0.15, 0.2) is 0 Å². The lowest BCUT2D eigenvalue weighted by Gasteiger charge is -2.56. The van der Waals surface area contributed by atoms with Crippen molar-refractivity contribution in [2.24, 2.45) is 23.2 Å². The maximum atomic E-state index is 13.1. The fourth-order valence-corrected chi connectivity index (χ4v) is 7.13. The summed E-state index contributed by atoms with van der Waals surface area (Å²) in [5.41, 5.74) is 3.60. The number of carbonyl (C=O) groups is 1. The summed E-state index contributed by atoms with van der Waals surface area (Å²) in [6, 6.07) is 17.0. The molecule has 0 aliphatic heterocycles. The number of hydrogen-bond donors (Lipinski definition) is 2. The topological polar surface area (TPSA) is 62.2 Å². The molecule has 7 rings (SSSR count). The molecule has 4 heteroatoms. The molecule has 0 spiro atoms. The van der Waals surface area contributed by atoms with Crippen LogP contribution < -0.4 is 5.32 Å². The number of pyridine rings is 1. The summed E-state index contributed by atoms with van der Waals surface area (Å²) >= 11 is 0. The zero-order valence-corrected chi connectivity index (χ0v) is 17.7. The van der Waals surface area contributed by atoms with Crippen LogP contribution in [-0.4, -0.2) is 16.0 Å². The molecular formula is C27H28N2O2. The van der Waals surface area contributed by atoms with Gasteiger partial charge in [0.25, 0.3) is 0 Å². The Morgan fingerprint density at radius 3 is 2.39 bits per heavy atom. The smallest absolute Gasteiger partial charge is 0.224 e. The van der Waals surface area contributed by atoms with Crippen molar-refractivity contribution in [3.63, 3.8) is 0 Å². The highest BCUT2D eigenvalue weighted by Crippen LogP contribution is 2.61. The lowest BCUT2D eigenvalue weighted by atomic mass is 9.49. The Hall–Kier alpha value is -2.88. The van der Waals surface area contributed by atoms with E-state index in [-0.39, 0.29) is 17.1 Å². The number of aromatic nitrogens is 1. The van der Waals surface area contributed by atoms with Crippen molar-refractivity contribution in [3.05, 3.63) is 54.6 Å². The first kappa shape index (κ1) is 18.9. The molecule has 2 aromatic carbocycles. The number of anilines is 1. The summed E-state index contributed by atoms with van der Waals surface area (Å²) in [7, 11) is 0. The Balaban J connectivity index is 1.24. The second-order valence-electron chi connectivity index (χ2n) is 10.3. The average Bonchev–Trinajstić information content (AvgIpc) is 2.72. The predicted octanol–water partition coefficient (Wildman–Crippen LogP) is 6.15. The van der Waals surface area contributed by atoms with E-state index in [1.165, 1.54) is 38.5 Å². The van der Waals surface area contributed by atoms with Gasteiger partial charge in [0.05, 0.1) is 16.9 Å². The van der Waals surface area contributed by atoms with E-state index in [0.29, 0.717) is 6.42 Å². The van der Waals surface area contributed by atoms with Crippen molar-refractivity contribution in [2.45, 2.75) is 44.9 Å². The van der Waals surface area contributed by atoms with Crippen molar-refractivity contribution in [1.29, 1.82) is 0 Å². The fraction of sp³-hybridized carbons (Fsp3) is 0.407. The molecule has 1 aromatic heterocycles. The molecule has 4 saturated carbocycles. The molecule has 2 N–H and O–H groups in total. The number of phenols is 1. The molecule has 1 amide bonds. The van der Waals surface area contributed by atoms with Crippen LogP contribution in [0.1, 0.15) is 44.9 Å². The third-order valence-electron chi connectivity index (χ3n) is 7.85. The number of nitrogens with one attached hydrogen (secondary N) is 1. The number of amides is 1. The normalized spacial score (nSPS) is 28.7. The molecule has 158 valence electrons. The van der Waals surface area contributed by atoms with Gasteiger partial charge < -0.3 is 10.4 Å². The van der Waals surface area contributed by atoms with Crippen LogP contribution in [0.4, 0.5) is 5.69 Å². The van der Waals surface area contributed by atoms with Gasteiger partial charge in [0.1, 0.15) is 5.75 Å². The van der Waals surface area contributed by atoms with Crippen molar-refractivity contribution in [3.8, 4) is 17.0 Å². The first-order valence-corrected chi connectivity index (χ1v) is 11.5. The van der Waals surface area contributed by atoms with Crippen molar-refractivity contribution >= 4 is 22.5 Å². The standard InChI is InChI=1S/C27H28N2O2/c30-21-4-1-3-20(12-21)23-8-7-22-24(28-23)5-2-6-25(22)29-26(31)16-27-13-17-9-18(14-27)11-19(10-17)15-27/h1-8,12,17-19,30H,9-11,13-16H2,(H,29,31). The van der Waals surface area contributed by atoms with Gasteiger partial charge in [-0.25, -0.2) is 4.98 Å². The van der Waals surface area contributed by atoms with E-state index in [9.17, 15) is 9.90 Å². The molecule has 3 aromatic rings. The summed E-state index contributed by atoms with van der Waals surface area (Å²) < 4.78 is 0. The molecule has 0 saturated heterocycles. The molecule has 4 aliphatic rings. The van der Waals surface area contributed by atoms with Crippen LogP contribution >= 0.6 is 0 Å². The van der Waals surface area contributed by atoms with E-state index in [1.54, 1.807) is 12.1 Å². The van der Waals surface area contributed by atoms with Crippen molar-refractivity contribution in [1.82, 2.24) is 4.98 Å². The number of rotatable bonds is 4. The fourth-order valence-electron chi connectivity index (χ4n) is 7.13. The SMILES string of the molecule is O=C(CC12CC3CC(CC(C3)C1)C2)Nc1cccc2nc(-c3cccc(O)c3)ccc12. The zero-order valence-electron chi connectivity index (χ0n) is 17.7. The van der Waals surface area contributed by atoms with Gasteiger partial charge in [0.2, 0.25) is 5.91 Å². The molecule has 31 heavy (non-hydrogen) atoms. The Labute approximate surface area is 182 Å². The monoisotopic (exact) mass is 412 g/mol. The molecule has 0 atom stereocenters. The van der Waals surface area contributed by atoms with Crippen LogP contribution in [0.2, 0.25) is 0 Å². The Morgan fingerprint density at radius 2 is 1.68 bits per heavy atom. The van der Waals surface area contributed by atoms with Gasteiger partial charge in [-0.2, -0.15) is 0 Å². The Kier molecular flexibility index (Phi) is 4.31. The second kappa shape index (κ2) is 7.08. The van der Waals surface area contributed by atoms with Gasteiger partial charge >= 0.3 is 0 Å². The van der Waals surface area contributed by atoms with Gasteiger partial charge in [0, 0.05) is 17.4 Å². The average molecular weight is 413 g/mol. The molecular weight excluding hydrogens is 384 g/mol. The lowest BCUT2D eigenvalue weighted by molar-refractivity contribution is -0.124. The largest absolute Gasteiger partial charge is 0.508 e. The van der Waals surface area contributed by atoms with Gasteiger partial charge in [-0.3, -0.25) is 4.79 Å². The van der Waals surface area contributed by atoms with E-state index >= 15 is 0 Å². The third kappa shape index (κ3) is 3.48. The molecule has 0 unspecified atom stereocenters. The van der Waals surface area contributed by atoms with Gasteiger partial charge in [-0.05, 0) is 98.1 Å². The Bertz CT molecular complexity index is 1130. The summed E-state index contributed by atoms with van der Waals surface area (Å²) in [5.74, 6) is 2.95. The summed E-state index contributed by atoms with van der Waals surface area (Å²) in [5, 5.41) is 13.9. The summed E-state index contributed by atoms with van der Waals surface area (Å²) in [4.78, 5) is 17.9. The van der Waals surface area contributed by atoms with E-state index in [1.807, 2.05) is 42.5 Å². The maximum absolute atomic E-state index is 13.1. The third-order valence-corrected chi connectivity index (χ3v) is 7.85. The quantitative estimate of drug-likeness (QED) is 0.540. The van der Waals surface area contributed by atoms with Crippen LogP contribution in [0.25, 0.3) is 22.2 Å². The molecule has 4 aliphatic carbocycles. The van der Waals surface area contributed by atoms with Crippen molar-refractivity contribution in [2.75, 3.05) is 5.32 Å². The summed E-state index contributed by atoms with van der Waals surface area (Å²) in [6.45, 7) is 0. The van der Waals surface area contributed by atoms with E-state index in [2.05, 4.69) is 5.32 Å². The molecule has 0 radical (unpaired) electrons. The highest BCUT2D eigenvalue weighted by atomic mass is 16.3. The first-order chi connectivity index (χ1) is 15.1. The van der Waals surface area contributed by atoms with Gasteiger partial charge in [-0.1, -0.05) is 18.2 Å². The van der Waals surface area contributed by atoms with Crippen LogP contribution in [0.5, 0.6) is 5.75 Å². The first-order valence-electron chi connectivity index (χ1n) is 11.5. The Morgan fingerprint density at radius 1 is 0.968 bits per heavy atom. The van der Waals surface area contributed by atoms with Crippen molar-refractivity contribution < 1.29 is 9.90 Å². The minimum absolute atomic E-state index is 0.145. The van der Waals surface area contributed by atoms with Crippen LogP contribution in [0.15, 0.2) is 54.6 Å². The van der Waals surface area contributed by atoms with E-state index in [0.717, 1.165) is 45.6 Å². The van der Waals surface area contributed by atoms with E-state index < -0.39 is 0 Å². The highest BCUT2D eigenvalue weighted by Gasteiger charge is 2.51. The van der Waals surface area contributed by atoms with Crippen LogP contribution in [0.3, 0.4) is 0 Å². The number of benzene rings is 2. The zero-order chi connectivity index (χ0) is 21.0. The molecule has 1 heterocycles. The molecule has 4 nitrogen and oxygen atoms in total. The van der Waals surface area contributed by atoms with Crippen LogP contribution in [-0.2, 0) is 4.79 Å². The number of aromatic hydroxyl groups is 1. The molecule has 4 bridgehead atoms. The predicted molar refractivity (Wildman–Crippen MR) is 123 cm³/mol. The van der Waals surface area contributed by atoms with Crippen LogP contribution in [0, 0.1) is 23.2 Å².